The standard InChI is InChI=1S/C31H38N4O2/c1-2-37-30-18-16-26(25-33-30)15-17-29(36)32-19-9-10-20-34-21-23-35(24-22-34)31(27-11-5-3-6-12-27)28-13-7-4-8-14-28/h3-8,11-18,25,31H,2,9-10,19-24H2,1H3,(H,32,36)/b17-15+. The van der Waals surface area contributed by atoms with Crippen molar-refractivity contribution in [3.8, 4) is 5.88 Å². The second kappa shape index (κ2) is 14.3. The van der Waals surface area contributed by atoms with Crippen molar-refractivity contribution in [2.45, 2.75) is 25.8 Å². The van der Waals surface area contributed by atoms with Gasteiger partial charge in [0.05, 0.1) is 12.6 Å². The molecule has 0 aliphatic carbocycles. The molecular weight excluding hydrogens is 460 g/mol. The minimum atomic E-state index is -0.0737. The zero-order valence-corrected chi connectivity index (χ0v) is 21.8. The summed E-state index contributed by atoms with van der Waals surface area (Å²) in [6, 6.07) is 25.7. The van der Waals surface area contributed by atoms with Gasteiger partial charge < -0.3 is 15.0 Å². The number of rotatable bonds is 12. The SMILES string of the molecule is CCOc1ccc(/C=C/C(=O)NCCCCN2CCN(C(c3ccccc3)c3ccccc3)CC2)cn1. The molecule has 4 rings (SSSR count). The van der Waals surface area contributed by atoms with Crippen LogP contribution in [-0.4, -0.2) is 66.6 Å². The molecule has 0 spiro atoms. The second-order valence-electron chi connectivity index (χ2n) is 9.30. The lowest BCUT2D eigenvalue weighted by Crippen LogP contribution is -2.48. The number of piperazine rings is 1. The largest absolute Gasteiger partial charge is 0.478 e. The van der Waals surface area contributed by atoms with Crippen LogP contribution < -0.4 is 10.1 Å². The normalized spacial score (nSPS) is 14.8. The van der Waals surface area contributed by atoms with Gasteiger partial charge in [-0.05, 0) is 55.1 Å². The summed E-state index contributed by atoms with van der Waals surface area (Å²) in [5.41, 5.74) is 3.58. The lowest BCUT2D eigenvalue weighted by Gasteiger charge is -2.39. The molecule has 194 valence electrons. The fourth-order valence-corrected chi connectivity index (χ4v) is 4.76. The third-order valence-corrected chi connectivity index (χ3v) is 6.68. The van der Waals surface area contributed by atoms with E-state index in [0.29, 0.717) is 25.1 Å². The molecule has 0 unspecified atom stereocenters. The Hall–Kier alpha value is -3.48. The van der Waals surface area contributed by atoms with Crippen molar-refractivity contribution in [3.63, 3.8) is 0 Å². The first-order valence-electron chi connectivity index (χ1n) is 13.3. The van der Waals surface area contributed by atoms with Crippen LogP contribution in [0.4, 0.5) is 0 Å². The van der Waals surface area contributed by atoms with Crippen LogP contribution in [0.3, 0.4) is 0 Å². The van der Waals surface area contributed by atoms with Crippen molar-refractivity contribution < 1.29 is 9.53 Å². The Morgan fingerprint density at radius 3 is 2.22 bits per heavy atom. The molecule has 1 saturated heterocycles. The number of hydrogen-bond acceptors (Lipinski definition) is 5. The first-order valence-corrected chi connectivity index (χ1v) is 13.3. The van der Waals surface area contributed by atoms with Crippen LogP contribution in [0.5, 0.6) is 5.88 Å². The van der Waals surface area contributed by atoms with Gasteiger partial charge in [0.25, 0.3) is 0 Å². The van der Waals surface area contributed by atoms with Crippen molar-refractivity contribution in [2.75, 3.05) is 45.9 Å². The number of benzene rings is 2. The lowest BCUT2D eigenvalue weighted by atomic mass is 9.96. The highest BCUT2D eigenvalue weighted by atomic mass is 16.5. The third kappa shape index (κ3) is 8.27. The van der Waals surface area contributed by atoms with Crippen molar-refractivity contribution in [3.05, 3.63) is 102 Å². The van der Waals surface area contributed by atoms with Gasteiger partial charge in [-0.1, -0.05) is 60.7 Å². The molecule has 0 saturated carbocycles. The number of hydrogen-bond donors (Lipinski definition) is 1. The number of unbranched alkanes of at least 4 members (excludes halogenated alkanes) is 1. The van der Waals surface area contributed by atoms with Gasteiger partial charge in [-0.15, -0.1) is 0 Å². The number of aromatic nitrogens is 1. The van der Waals surface area contributed by atoms with E-state index >= 15 is 0 Å². The zero-order chi connectivity index (χ0) is 25.7. The lowest BCUT2D eigenvalue weighted by molar-refractivity contribution is -0.116. The predicted octanol–water partition coefficient (Wildman–Crippen LogP) is 4.80. The van der Waals surface area contributed by atoms with E-state index in [1.807, 2.05) is 19.1 Å². The Labute approximate surface area is 221 Å². The summed E-state index contributed by atoms with van der Waals surface area (Å²) in [7, 11) is 0. The van der Waals surface area contributed by atoms with Crippen LogP contribution in [0.2, 0.25) is 0 Å². The average molecular weight is 499 g/mol. The van der Waals surface area contributed by atoms with Crippen LogP contribution >= 0.6 is 0 Å². The summed E-state index contributed by atoms with van der Waals surface area (Å²) in [6.07, 6.45) is 7.09. The van der Waals surface area contributed by atoms with Gasteiger partial charge in [0.1, 0.15) is 0 Å². The number of nitrogens with zero attached hydrogens (tertiary/aromatic N) is 3. The van der Waals surface area contributed by atoms with Crippen molar-refractivity contribution in [1.82, 2.24) is 20.1 Å². The van der Waals surface area contributed by atoms with Gasteiger partial charge in [-0.3, -0.25) is 9.69 Å². The highest BCUT2D eigenvalue weighted by Gasteiger charge is 2.26. The van der Waals surface area contributed by atoms with E-state index in [9.17, 15) is 4.79 Å². The van der Waals surface area contributed by atoms with Gasteiger partial charge in [0.2, 0.25) is 11.8 Å². The van der Waals surface area contributed by atoms with Crippen LogP contribution in [-0.2, 0) is 4.79 Å². The van der Waals surface area contributed by atoms with Gasteiger partial charge in [0, 0.05) is 51.1 Å². The summed E-state index contributed by atoms with van der Waals surface area (Å²) >= 11 is 0. The first kappa shape index (κ1) is 26.6. The molecular formula is C31H38N4O2. The molecule has 1 N–H and O–H groups in total. The number of ether oxygens (including phenoxy) is 1. The molecule has 3 aromatic rings. The summed E-state index contributed by atoms with van der Waals surface area (Å²) < 4.78 is 5.34. The summed E-state index contributed by atoms with van der Waals surface area (Å²) in [5.74, 6) is 0.521. The van der Waals surface area contributed by atoms with Crippen LogP contribution in [0.15, 0.2) is 85.1 Å². The highest BCUT2D eigenvalue weighted by molar-refractivity contribution is 5.91. The number of carbonyl (C=O) groups excluding carboxylic acids is 1. The fourth-order valence-electron chi connectivity index (χ4n) is 4.76. The van der Waals surface area contributed by atoms with Crippen molar-refractivity contribution >= 4 is 12.0 Å². The molecule has 1 aliphatic rings. The van der Waals surface area contributed by atoms with E-state index in [1.54, 1.807) is 18.3 Å². The smallest absolute Gasteiger partial charge is 0.243 e. The fraction of sp³-hybridized carbons (Fsp3) is 0.355. The summed E-state index contributed by atoms with van der Waals surface area (Å²) in [5, 5.41) is 2.98. The number of pyridine rings is 1. The van der Waals surface area contributed by atoms with Crippen molar-refractivity contribution in [2.24, 2.45) is 0 Å². The maximum Gasteiger partial charge on any atom is 0.243 e. The minimum Gasteiger partial charge on any atom is -0.478 e. The zero-order valence-electron chi connectivity index (χ0n) is 21.8. The Bertz CT molecular complexity index is 1060. The molecule has 0 atom stereocenters. The molecule has 2 heterocycles. The van der Waals surface area contributed by atoms with Crippen LogP contribution in [0.1, 0.15) is 42.5 Å². The summed E-state index contributed by atoms with van der Waals surface area (Å²) in [6.45, 7) is 8.51. The van der Waals surface area contributed by atoms with E-state index < -0.39 is 0 Å². The Morgan fingerprint density at radius 1 is 0.946 bits per heavy atom. The average Bonchev–Trinajstić information content (AvgIpc) is 2.95. The summed E-state index contributed by atoms with van der Waals surface area (Å²) in [4.78, 5) is 21.5. The Morgan fingerprint density at radius 2 is 1.62 bits per heavy atom. The Balaban J connectivity index is 1.15. The molecule has 6 heteroatoms. The maximum absolute atomic E-state index is 12.1. The maximum atomic E-state index is 12.1. The van der Waals surface area contributed by atoms with Gasteiger partial charge >= 0.3 is 0 Å². The van der Waals surface area contributed by atoms with Crippen LogP contribution in [0.25, 0.3) is 6.08 Å². The van der Waals surface area contributed by atoms with E-state index in [1.165, 1.54) is 11.1 Å². The predicted molar refractivity (Wildman–Crippen MR) is 149 cm³/mol. The highest BCUT2D eigenvalue weighted by Crippen LogP contribution is 2.29. The molecule has 0 radical (unpaired) electrons. The molecule has 0 bridgehead atoms. The van der Waals surface area contributed by atoms with Gasteiger partial charge in [-0.2, -0.15) is 0 Å². The molecule has 6 nitrogen and oxygen atoms in total. The second-order valence-corrected chi connectivity index (χ2v) is 9.30. The molecule has 2 aromatic carbocycles. The number of carbonyl (C=O) groups is 1. The van der Waals surface area contributed by atoms with Crippen LogP contribution in [0, 0.1) is 0 Å². The van der Waals surface area contributed by atoms with Crippen molar-refractivity contribution in [1.29, 1.82) is 0 Å². The minimum absolute atomic E-state index is 0.0737. The molecule has 1 amide bonds. The number of nitrogens with one attached hydrogen (secondary N) is 1. The van der Waals surface area contributed by atoms with E-state index in [4.69, 9.17) is 4.74 Å². The molecule has 1 fully saturated rings. The molecule has 1 aromatic heterocycles. The third-order valence-electron chi connectivity index (χ3n) is 6.68. The van der Waals surface area contributed by atoms with Gasteiger partial charge in [-0.25, -0.2) is 4.98 Å². The number of amides is 1. The monoisotopic (exact) mass is 498 g/mol. The van der Waals surface area contributed by atoms with E-state index in [-0.39, 0.29) is 5.91 Å². The van der Waals surface area contributed by atoms with E-state index in [2.05, 4.69) is 80.8 Å². The first-order chi connectivity index (χ1) is 18.2. The molecule has 1 aliphatic heterocycles. The van der Waals surface area contributed by atoms with E-state index in [0.717, 1.165) is 51.1 Å². The molecule has 37 heavy (non-hydrogen) atoms. The van der Waals surface area contributed by atoms with Gasteiger partial charge in [0.15, 0.2) is 0 Å². The topological polar surface area (TPSA) is 57.7 Å². The quantitative estimate of drug-likeness (QED) is 0.287. The Kier molecular flexibility index (Phi) is 10.3.